The molecule has 1 heterocycles. The summed E-state index contributed by atoms with van der Waals surface area (Å²) >= 11 is 1.97. The molecular formula is C15H18N2S. The van der Waals surface area contributed by atoms with E-state index in [9.17, 15) is 0 Å². The molecule has 0 fully saturated rings. The molecule has 2 nitrogen and oxygen atoms in total. The fourth-order valence-corrected chi connectivity index (χ4v) is 3.72. The topological polar surface area (TPSA) is 38.0 Å². The number of hydrogen-bond acceptors (Lipinski definition) is 3. The maximum Gasteiger partial charge on any atom is 0.0359 e. The highest BCUT2D eigenvalue weighted by atomic mass is 32.1. The Labute approximate surface area is 112 Å². The first-order chi connectivity index (χ1) is 8.83. The Balaban J connectivity index is 1.57. The Morgan fingerprint density at radius 1 is 1.17 bits per heavy atom. The molecule has 1 aromatic carbocycles. The molecule has 3 rings (SSSR count). The van der Waals surface area contributed by atoms with E-state index in [4.69, 9.17) is 5.73 Å². The number of benzene rings is 1. The van der Waals surface area contributed by atoms with Gasteiger partial charge in [-0.2, -0.15) is 0 Å². The maximum atomic E-state index is 5.92. The van der Waals surface area contributed by atoms with Gasteiger partial charge in [-0.15, -0.1) is 11.3 Å². The summed E-state index contributed by atoms with van der Waals surface area (Å²) in [6, 6.07) is 10.4. The standard InChI is InChI=1S/C15H18N2S/c16-14-6-2-1-4-12(14)9-17-10-13-8-11-5-3-7-15(11)18-13/h1-2,4,6,8,17H,3,5,7,9-10,16H2. The zero-order valence-corrected chi connectivity index (χ0v) is 11.2. The van der Waals surface area contributed by atoms with Gasteiger partial charge in [0.1, 0.15) is 0 Å². The molecule has 0 bridgehead atoms. The van der Waals surface area contributed by atoms with Gasteiger partial charge in [0.25, 0.3) is 0 Å². The largest absolute Gasteiger partial charge is 0.398 e. The summed E-state index contributed by atoms with van der Waals surface area (Å²) < 4.78 is 0. The summed E-state index contributed by atoms with van der Waals surface area (Å²) in [5.74, 6) is 0. The van der Waals surface area contributed by atoms with Crippen LogP contribution < -0.4 is 11.1 Å². The zero-order chi connectivity index (χ0) is 12.4. The maximum absolute atomic E-state index is 5.92. The summed E-state index contributed by atoms with van der Waals surface area (Å²) in [7, 11) is 0. The minimum absolute atomic E-state index is 0.842. The van der Waals surface area contributed by atoms with E-state index in [1.807, 2.05) is 29.5 Å². The number of nitrogens with one attached hydrogen (secondary N) is 1. The van der Waals surface area contributed by atoms with Crippen molar-refractivity contribution in [2.45, 2.75) is 32.4 Å². The van der Waals surface area contributed by atoms with Crippen LogP contribution in [0.25, 0.3) is 0 Å². The van der Waals surface area contributed by atoms with E-state index >= 15 is 0 Å². The van der Waals surface area contributed by atoms with E-state index in [1.165, 1.54) is 29.7 Å². The lowest BCUT2D eigenvalue weighted by Gasteiger charge is -2.06. The van der Waals surface area contributed by atoms with Crippen molar-refractivity contribution in [2.75, 3.05) is 5.73 Å². The van der Waals surface area contributed by atoms with Crippen LogP contribution in [0.4, 0.5) is 5.69 Å². The molecule has 0 spiro atoms. The average molecular weight is 258 g/mol. The molecule has 3 heteroatoms. The van der Waals surface area contributed by atoms with E-state index in [0.717, 1.165) is 18.8 Å². The molecule has 0 saturated heterocycles. The normalized spacial score (nSPS) is 13.8. The summed E-state index contributed by atoms with van der Waals surface area (Å²) in [6.45, 7) is 1.79. The van der Waals surface area contributed by atoms with Crippen LogP contribution in [0.1, 0.15) is 27.3 Å². The second kappa shape index (κ2) is 5.12. The Bertz CT molecular complexity index is 524. The number of fused-ring (bicyclic) bond motifs is 1. The summed E-state index contributed by atoms with van der Waals surface area (Å²) in [4.78, 5) is 3.06. The third kappa shape index (κ3) is 2.42. The highest BCUT2D eigenvalue weighted by Gasteiger charge is 2.14. The molecule has 18 heavy (non-hydrogen) atoms. The van der Waals surface area contributed by atoms with Gasteiger partial charge in [-0.05, 0) is 42.5 Å². The number of hydrogen-bond donors (Lipinski definition) is 2. The van der Waals surface area contributed by atoms with Crippen molar-refractivity contribution < 1.29 is 0 Å². The van der Waals surface area contributed by atoms with Gasteiger partial charge in [0.15, 0.2) is 0 Å². The minimum atomic E-state index is 0.842. The first kappa shape index (κ1) is 11.8. The van der Waals surface area contributed by atoms with Gasteiger partial charge in [0.05, 0.1) is 0 Å². The molecule has 0 saturated carbocycles. The Hall–Kier alpha value is -1.32. The van der Waals surface area contributed by atoms with Crippen LogP contribution in [-0.2, 0) is 25.9 Å². The van der Waals surface area contributed by atoms with Crippen LogP contribution in [0.3, 0.4) is 0 Å². The van der Waals surface area contributed by atoms with Crippen molar-refractivity contribution in [3.63, 3.8) is 0 Å². The second-order valence-corrected chi connectivity index (χ2v) is 6.04. The van der Waals surface area contributed by atoms with Crippen molar-refractivity contribution in [2.24, 2.45) is 0 Å². The first-order valence-corrected chi connectivity index (χ1v) is 7.29. The number of aryl methyl sites for hydroxylation is 2. The number of thiophene rings is 1. The monoisotopic (exact) mass is 258 g/mol. The lowest BCUT2D eigenvalue weighted by molar-refractivity contribution is 0.701. The quantitative estimate of drug-likeness (QED) is 0.827. The van der Waals surface area contributed by atoms with Crippen LogP contribution in [0.5, 0.6) is 0 Å². The predicted octanol–water partition coefficient (Wildman–Crippen LogP) is 3.11. The van der Waals surface area contributed by atoms with Crippen LogP contribution in [0.2, 0.25) is 0 Å². The van der Waals surface area contributed by atoms with E-state index in [2.05, 4.69) is 17.4 Å². The van der Waals surface area contributed by atoms with Gasteiger partial charge >= 0.3 is 0 Å². The molecule has 1 aromatic heterocycles. The van der Waals surface area contributed by atoms with E-state index in [0.29, 0.717) is 0 Å². The molecule has 0 amide bonds. The van der Waals surface area contributed by atoms with Crippen molar-refractivity contribution in [1.29, 1.82) is 0 Å². The number of rotatable bonds is 4. The smallest absolute Gasteiger partial charge is 0.0359 e. The van der Waals surface area contributed by atoms with Crippen molar-refractivity contribution >= 4 is 17.0 Å². The molecule has 3 N–H and O–H groups in total. The predicted molar refractivity (Wildman–Crippen MR) is 77.7 cm³/mol. The van der Waals surface area contributed by atoms with Crippen LogP contribution >= 0.6 is 11.3 Å². The summed E-state index contributed by atoms with van der Waals surface area (Å²) in [6.07, 6.45) is 3.90. The SMILES string of the molecule is Nc1ccccc1CNCc1cc2c(s1)CCC2. The molecule has 0 aliphatic heterocycles. The van der Waals surface area contributed by atoms with E-state index in [1.54, 1.807) is 10.4 Å². The minimum Gasteiger partial charge on any atom is -0.398 e. The fourth-order valence-electron chi connectivity index (χ4n) is 2.49. The van der Waals surface area contributed by atoms with Gasteiger partial charge in [0, 0.05) is 28.5 Å². The molecule has 2 aromatic rings. The number of anilines is 1. The molecule has 0 atom stereocenters. The lowest BCUT2D eigenvalue weighted by Crippen LogP contribution is -2.13. The van der Waals surface area contributed by atoms with Crippen LogP contribution in [0, 0.1) is 0 Å². The molecule has 0 unspecified atom stereocenters. The Kier molecular flexibility index (Phi) is 3.35. The highest BCUT2D eigenvalue weighted by molar-refractivity contribution is 7.12. The number of para-hydroxylation sites is 1. The fraction of sp³-hybridized carbons (Fsp3) is 0.333. The van der Waals surface area contributed by atoms with Gasteiger partial charge in [0.2, 0.25) is 0 Å². The van der Waals surface area contributed by atoms with Gasteiger partial charge in [-0.25, -0.2) is 0 Å². The van der Waals surface area contributed by atoms with Crippen molar-refractivity contribution in [3.05, 3.63) is 51.2 Å². The van der Waals surface area contributed by atoms with Crippen molar-refractivity contribution in [1.82, 2.24) is 5.32 Å². The highest BCUT2D eigenvalue weighted by Crippen LogP contribution is 2.30. The Morgan fingerprint density at radius 3 is 2.89 bits per heavy atom. The number of nitrogens with two attached hydrogens (primary N) is 1. The molecule has 1 aliphatic rings. The van der Waals surface area contributed by atoms with Gasteiger partial charge in [-0.1, -0.05) is 18.2 Å². The zero-order valence-electron chi connectivity index (χ0n) is 10.4. The first-order valence-electron chi connectivity index (χ1n) is 6.47. The third-order valence-electron chi connectivity index (χ3n) is 3.47. The molecule has 94 valence electrons. The average Bonchev–Trinajstić information content (AvgIpc) is 2.92. The van der Waals surface area contributed by atoms with Gasteiger partial charge < -0.3 is 11.1 Å². The molecular weight excluding hydrogens is 240 g/mol. The van der Waals surface area contributed by atoms with Crippen LogP contribution in [-0.4, -0.2) is 0 Å². The lowest BCUT2D eigenvalue weighted by atomic mass is 10.2. The second-order valence-electron chi connectivity index (χ2n) is 4.82. The number of nitrogen functional groups attached to an aromatic ring is 1. The summed E-state index contributed by atoms with van der Waals surface area (Å²) in [5.41, 5.74) is 9.56. The Morgan fingerprint density at radius 2 is 2.06 bits per heavy atom. The van der Waals surface area contributed by atoms with Crippen molar-refractivity contribution in [3.8, 4) is 0 Å². The molecule has 1 aliphatic carbocycles. The van der Waals surface area contributed by atoms with Gasteiger partial charge in [-0.3, -0.25) is 0 Å². The third-order valence-corrected chi connectivity index (χ3v) is 4.70. The van der Waals surface area contributed by atoms with Crippen LogP contribution in [0.15, 0.2) is 30.3 Å². The molecule has 0 radical (unpaired) electrons. The summed E-state index contributed by atoms with van der Waals surface area (Å²) in [5, 5.41) is 3.48. The van der Waals surface area contributed by atoms with E-state index in [-0.39, 0.29) is 0 Å². The van der Waals surface area contributed by atoms with E-state index < -0.39 is 0 Å².